The van der Waals surface area contributed by atoms with Crippen LogP contribution >= 0.6 is 24.8 Å². The van der Waals surface area contributed by atoms with Crippen LogP contribution in [-0.4, -0.2) is 54.9 Å². The summed E-state index contributed by atoms with van der Waals surface area (Å²) in [5.41, 5.74) is 15.0. The maximum atomic E-state index is 12.6. The number of halogens is 2. The number of rotatable bonds is 5. The van der Waals surface area contributed by atoms with Gasteiger partial charge in [-0.15, -0.1) is 24.8 Å². The van der Waals surface area contributed by atoms with Crippen LogP contribution in [0.4, 0.5) is 11.4 Å². The van der Waals surface area contributed by atoms with Crippen molar-refractivity contribution < 1.29 is 4.79 Å². The highest BCUT2D eigenvalue weighted by atomic mass is 35.5. The average Bonchev–Trinajstić information content (AvgIpc) is 2.66. The molecule has 1 aliphatic rings. The van der Waals surface area contributed by atoms with E-state index in [9.17, 15) is 4.79 Å². The lowest BCUT2D eigenvalue weighted by Crippen LogP contribution is -2.43. The van der Waals surface area contributed by atoms with E-state index < -0.39 is 0 Å². The first-order chi connectivity index (χ1) is 13.4. The van der Waals surface area contributed by atoms with Crippen LogP contribution in [0.1, 0.15) is 21.5 Å². The summed E-state index contributed by atoms with van der Waals surface area (Å²) in [5.74, 6) is -0.173. The van der Waals surface area contributed by atoms with E-state index in [1.54, 1.807) is 6.07 Å². The van der Waals surface area contributed by atoms with Crippen molar-refractivity contribution in [3.05, 3.63) is 59.2 Å². The average molecular weight is 453 g/mol. The van der Waals surface area contributed by atoms with Crippen LogP contribution in [0.15, 0.2) is 47.5 Å². The van der Waals surface area contributed by atoms with E-state index in [1.165, 1.54) is 5.56 Å². The van der Waals surface area contributed by atoms with Gasteiger partial charge in [-0.25, -0.2) is 4.99 Å². The molecule has 1 heterocycles. The Hall–Kier alpha value is -2.32. The zero-order chi connectivity index (χ0) is 20.1. The summed E-state index contributed by atoms with van der Waals surface area (Å²) in [5, 5.41) is 2.90. The highest BCUT2D eigenvalue weighted by molar-refractivity contribution is 6.04. The van der Waals surface area contributed by atoms with Crippen molar-refractivity contribution in [1.82, 2.24) is 9.80 Å². The molecule has 1 amide bonds. The third-order valence-corrected chi connectivity index (χ3v) is 4.93. The SMILES string of the molecule is Cc1ccc(NC(=O)c2ccc(CN3CCN(C)CC3)cc2)cc1N=C(N)N.Cl.Cl. The Morgan fingerprint density at radius 2 is 1.67 bits per heavy atom. The molecule has 164 valence electrons. The molecule has 30 heavy (non-hydrogen) atoms. The van der Waals surface area contributed by atoms with Gasteiger partial charge < -0.3 is 21.7 Å². The topological polar surface area (TPSA) is 100.0 Å². The van der Waals surface area contributed by atoms with E-state index >= 15 is 0 Å². The van der Waals surface area contributed by atoms with Gasteiger partial charge in [-0.3, -0.25) is 9.69 Å². The van der Waals surface area contributed by atoms with Gasteiger partial charge in [0, 0.05) is 44.0 Å². The fourth-order valence-electron chi connectivity index (χ4n) is 3.18. The van der Waals surface area contributed by atoms with E-state index in [-0.39, 0.29) is 36.7 Å². The number of piperazine rings is 1. The maximum Gasteiger partial charge on any atom is 0.255 e. The standard InChI is InChI=1S/C21H28N6O.2ClH/c1-15-3-8-18(13-19(15)25-21(22)23)24-20(28)17-6-4-16(5-7-17)14-27-11-9-26(2)10-12-27;;/h3-8,13H,9-12,14H2,1-2H3,(H,24,28)(H4,22,23,25);2*1H. The molecular weight excluding hydrogens is 423 g/mol. The predicted molar refractivity (Wildman–Crippen MR) is 128 cm³/mol. The lowest BCUT2D eigenvalue weighted by Gasteiger charge is -2.32. The lowest BCUT2D eigenvalue weighted by molar-refractivity contribution is 0.102. The quantitative estimate of drug-likeness (QED) is 0.478. The number of hydrogen-bond donors (Lipinski definition) is 3. The Balaban J connectivity index is 0.00000225. The Labute approximate surface area is 190 Å². The molecule has 1 saturated heterocycles. The number of benzene rings is 2. The molecule has 7 nitrogen and oxygen atoms in total. The molecule has 0 radical (unpaired) electrons. The zero-order valence-electron chi connectivity index (χ0n) is 17.3. The molecule has 1 aliphatic heterocycles. The molecule has 2 aromatic rings. The Morgan fingerprint density at radius 1 is 1.03 bits per heavy atom. The van der Waals surface area contributed by atoms with E-state index in [2.05, 4.69) is 27.2 Å². The van der Waals surface area contributed by atoms with Gasteiger partial charge in [0.15, 0.2) is 5.96 Å². The molecule has 2 aromatic carbocycles. The molecule has 0 unspecified atom stereocenters. The summed E-state index contributed by atoms with van der Waals surface area (Å²) in [7, 11) is 2.15. The lowest BCUT2D eigenvalue weighted by atomic mass is 10.1. The first kappa shape index (κ1) is 25.7. The number of guanidine groups is 1. The molecule has 1 fully saturated rings. The van der Waals surface area contributed by atoms with Crippen molar-refractivity contribution in [2.45, 2.75) is 13.5 Å². The van der Waals surface area contributed by atoms with E-state index in [0.717, 1.165) is 38.3 Å². The molecule has 9 heteroatoms. The van der Waals surface area contributed by atoms with Gasteiger partial charge in [0.25, 0.3) is 5.91 Å². The number of aliphatic imine (C=N–C) groups is 1. The third kappa shape index (κ3) is 7.18. The second-order valence-electron chi connectivity index (χ2n) is 7.27. The molecular formula is C21H30Cl2N6O. The van der Waals surface area contributed by atoms with Gasteiger partial charge in [-0.1, -0.05) is 18.2 Å². The fraction of sp³-hybridized carbons (Fsp3) is 0.333. The van der Waals surface area contributed by atoms with Gasteiger partial charge >= 0.3 is 0 Å². The third-order valence-electron chi connectivity index (χ3n) is 4.93. The van der Waals surface area contributed by atoms with Crippen molar-refractivity contribution in [2.75, 3.05) is 38.5 Å². The number of likely N-dealkylation sites (N-methyl/N-ethyl adjacent to an activating group) is 1. The largest absolute Gasteiger partial charge is 0.370 e. The van der Waals surface area contributed by atoms with Crippen LogP contribution in [-0.2, 0) is 6.54 Å². The highest BCUT2D eigenvalue weighted by Crippen LogP contribution is 2.23. The monoisotopic (exact) mass is 452 g/mol. The van der Waals surface area contributed by atoms with Crippen LogP contribution in [0.3, 0.4) is 0 Å². The number of nitrogens with two attached hydrogens (primary N) is 2. The number of nitrogens with zero attached hydrogens (tertiary/aromatic N) is 3. The first-order valence-corrected chi connectivity index (χ1v) is 9.42. The molecule has 5 N–H and O–H groups in total. The van der Waals surface area contributed by atoms with E-state index in [0.29, 0.717) is 16.9 Å². The van der Waals surface area contributed by atoms with Crippen molar-refractivity contribution in [1.29, 1.82) is 0 Å². The number of amides is 1. The number of anilines is 1. The second-order valence-corrected chi connectivity index (χ2v) is 7.27. The van der Waals surface area contributed by atoms with E-state index in [4.69, 9.17) is 11.5 Å². The second kappa shape index (κ2) is 11.8. The minimum atomic E-state index is -0.161. The number of nitrogens with one attached hydrogen (secondary N) is 1. The van der Waals surface area contributed by atoms with Gasteiger partial charge in [0.1, 0.15) is 0 Å². The van der Waals surface area contributed by atoms with Gasteiger partial charge in [0.05, 0.1) is 5.69 Å². The van der Waals surface area contributed by atoms with Crippen LogP contribution in [0.2, 0.25) is 0 Å². The minimum absolute atomic E-state index is 0. The van der Waals surface area contributed by atoms with Crippen LogP contribution in [0, 0.1) is 6.92 Å². The maximum absolute atomic E-state index is 12.6. The summed E-state index contributed by atoms with van der Waals surface area (Å²) >= 11 is 0. The molecule has 0 atom stereocenters. The Kier molecular flexibility index (Phi) is 10.1. The minimum Gasteiger partial charge on any atom is -0.370 e. The summed E-state index contributed by atoms with van der Waals surface area (Å²) in [6.07, 6.45) is 0. The number of carbonyl (C=O) groups excluding carboxylic acids is 1. The van der Waals surface area contributed by atoms with Gasteiger partial charge in [-0.2, -0.15) is 0 Å². The van der Waals surface area contributed by atoms with Gasteiger partial charge in [-0.05, 0) is 49.4 Å². The number of aryl methyl sites for hydroxylation is 1. The number of carbonyl (C=O) groups is 1. The van der Waals surface area contributed by atoms with Crippen molar-refractivity contribution >= 4 is 48.1 Å². The molecule has 0 spiro atoms. The zero-order valence-corrected chi connectivity index (χ0v) is 18.9. The Morgan fingerprint density at radius 3 is 2.27 bits per heavy atom. The van der Waals surface area contributed by atoms with E-state index in [1.807, 2.05) is 43.3 Å². The summed E-state index contributed by atoms with van der Waals surface area (Å²) in [4.78, 5) is 21.4. The van der Waals surface area contributed by atoms with Crippen molar-refractivity contribution in [2.24, 2.45) is 16.5 Å². The summed E-state index contributed by atoms with van der Waals surface area (Å²) < 4.78 is 0. The molecule has 0 aromatic heterocycles. The van der Waals surface area contributed by atoms with Crippen molar-refractivity contribution in [3.8, 4) is 0 Å². The first-order valence-electron chi connectivity index (χ1n) is 9.42. The molecule has 0 saturated carbocycles. The normalized spacial score (nSPS) is 14.2. The summed E-state index contributed by atoms with van der Waals surface area (Å²) in [6.45, 7) is 7.16. The van der Waals surface area contributed by atoms with Crippen LogP contribution < -0.4 is 16.8 Å². The Bertz CT molecular complexity index is 860. The molecule has 0 aliphatic carbocycles. The molecule has 0 bridgehead atoms. The van der Waals surface area contributed by atoms with Crippen LogP contribution in [0.5, 0.6) is 0 Å². The summed E-state index contributed by atoms with van der Waals surface area (Å²) in [6, 6.07) is 13.2. The van der Waals surface area contributed by atoms with Gasteiger partial charge in [0.2, 0.25) is 0 Å². The highest BCUT2D eigenvalue weighted by Gasteiger charge is 2.14. The predicted octanol–water partition coefficient (Wildman–Crippen LogP) is 2.74. The van der Waals surface area contributed by atoms with Crippen LogP contribution in [0.25, 0.3) is 0 Å². The fourth-order valence-corrected chi connectivity index (χ4v) is 3.18. The molecule has 3 rings (SSSR count). The smallest absolute Gasteiger partial charge is 0.255 e. The van der Waals surface area contributed by atoms with Crippen molar-refractivity contribution in [3.63, 3.8) is 0 Å². The number of hydrogen-bond acceptors (Lipinski definition) is 4.